The molecule has 1 heterocycles. The molecule has 0 aliphatic carbocycles. The Kier molecular flexibility index (Phi) is 3.95. The molecule has 0 fully saturated rings. The van der Waals surface area contributed by atoms with Crippen LogP contribution in [0.4, 0.5) is 0 Å². The normalized spacial score (nSPS) is 13.1. The maximum Gasteiger partial charge on any atom is 0.328 e. The number of nitrogens with one attached hydrogen (secondary N) is 1. The molecule has 80 valence electrons. The van der Waals surface area contributed by atoms with Gasteiger partial charge in [0.15, 0.2) is 0 Å². The smallest absolute Gasteiger partial charge is 0.315 e. The molecule has 4 heteroatoms. The third-order valence-electron chi connectivity index (χ3n) is 2.35. The summed E-state index contributed by atoms with van der Waals surface area (Å²) in [7, 11) is 1.90. The highest BCUT2D eigenvalue weighted by Crippen LogP contribution is 1.91. The maximum atomic E-state index is 11.7. The van der Waals surface area contributed by atoms with Crippen molar-refractivity contribution in [1.29, 1.82) is 0 Å². The summed E-state index contributed by atoms with van der Waals surface area (Å²) < 4.78 is 3.50. The predicted octanol–water partition coefficient (Wildman–Crippen LogP) is 0.668. The largest absolute Gasteiger partial charge is 0.328 e. The van der Waals surface area contributed by atoms with Crippen molar-refractivity contribution in [3.05, 3.63) is 22.9 Å². The zero-order chi connectivity index (χ0) is 10.6. The van der Waals surface area contributed by atoms with E-state index in [4.69, 9.17) is 0 Å². The first-order chi connectivity index (χ1) is 6.69. The SMILES string of the molecule is CCCn1ccn(CC(C)NC)c1=O. The fraction of sp³-hybridized carbons (Fsp3) is 0.700. The average Bonchev–Trinajstić information content (AvgIpc) is 2.50. The Morgan fingerprint density at radius 2 is 2.07 bits per heavy atom. The Morgan fingerprint density at radius 3 is 2.64 bits per heavy atom. The van der Waals surface area contributed by atoms with Gasteiger partial charge in [0, 0.05) is 31.5 Å². The standard InChI is InChI=1S/C10H19N3O/c1-4-5-12-6-7-13(10(12)14)8-9(2)11-3/h6-7,9,11H,4-5,8H2,1-3H3. The molecule has 0 aliphatic rings. The molecule has 1 aromatic rings. The van der Waals surface area contributed by atoms with E-state index in [1.54, 1.807) is 9.13 Å². The summed E-state index contributed by atoms with van der Waals surface area (Å²) in [6.07, 6.45) is 4.70. The van der Waals surface area contributed by atoms with E-state index in [1.165, 1.54) is 0 Å². The first-order valence-corrected chi connectivity index (χ1v) is 5.11. The quantitative estimate of drug-likeness (QED) is 0.753. The molecule has 4 nitrogen and oxygen atoms in total. The van der Waals surface area contributed by atoms with Gasteiger partial charge in [0.05, 0.1) is 0 Å². The van der Waals surface area contributed by atoms with Gasteiger partial charge in [0.2, 0.25) is 0 Å². The Hall–Kier alpha value is -1.03. The molecule has 1 atom stereocenters. The Bertz CT molecular complexity index is 326. The summed E-state index contributed by atoms with van der Waals surface area (Å²) in [5.74, 6) is 0. The van der Waals surface area contributed by atoms with Gasteiger partial charge in [-0.1, -0.05) is 6.92 Å². The number of likely N-dealkylation sites (N-methyl/N-ethyl adjacent to an activating group) is 1. The van der Waals surface area contributed by atoms with Crippen molar-refractivity contribution in [3.63, 3.8) is 0 Å². The molecule has 0 bridgehead atoms. The van der Waals surface area contributed by atoms with Crippen LogP contribution in [0.5, 0.6) is 0 Å². The lowest BCUT2D eigenvalue weighted by Crippen LogP contribution is -2.32. The monoisotopic (exact) mass is 197 g/mol. The second-order valence-electron chi connectivity index (χ2n) is 3.62. The van der Waals surface area contributed by atoms with E-state index in [2.05, 4.69) is 19.2 Å². The molecule has 0 aliphatic heterocycles. The average molecular weight is 197 g/mol. The number of nitrogens with zero attached hydrogens (tertiary/aromatic N) is 2. The molecular formula is C10H19N3O. The molecule has 14 heavy (non-hydrogen) atoms. The summed E-state index contributed by atoms with van der Waals surface area (Å²) in [5, 5.41) is 3.11. The van der Waals surface area contributed by atoms with Gasteiger partial charge < -0.3 is 5.32 Å². The highest BCUT2D eigenvalue weighted by Gasteiger charge is 2.04. The van der Waals surface area contributed by atoms with Crippen molar-refractivity contribution < 1.29 is 0 Å². The highest BCUT2D eigenvalue weighted by molar-refractivity contribution is 4.82. The van der Waals surface area contributed by atoms with Crippen LogP contribution in [0.1, 0.15) is 20.3 Å². The van der Waals surface area contributed by atoms with E-state index >= 15 is 0 Å². The lowest BCUT2D eigenvalue weighted by Gasteiger charge is -2.09. The van der Waals surface area contributed by atoms with Gasteiger partial charge >= 0.3 is 5.69 Å². The molecule has 0 saturated heterocycles. The van der Waals surface area contributed by atoms with Gasteiger partial charge in [0.1, 0.15) is 0 Å². The zero-order valence-electron chi connectivity index (χ0n) is 9.16. The fourth-order valence-corrected chi connectivity index (χ4v) is 1.39. The van der Waals surface area contributed by atoms with Crippen LogP contribution in [0, 0.1) is 0 Å². The fourth-order valence-electron chi connectivity index (χ4n) is 1.39. The first-order valence-electron chi connectivity index (χ1n) is 5.11. The minimum absolute atomic E-state index is 0.0916. The second-order valence-corrected chi connectivity index (χ2v) is 3.62. The van der Waals surface area contributed by atoms with Crippen LogP contribution in [0.2, 0.25) is 0 Å². The van der Waals surface area contributed by atoms with Gasteiger partial charge in [0.25, 0.3) is 0 Å². The van der Waals surface area contributed by atoms with Crippen LogP contribution in [-0.4, -0.2) is 22.2 Å². The molecule has 0 amide bonds. The highest BCUT2D eigenvalue weighted by atomic mass is 16.1. The lowest BCUT2D eigenvalue weighted by atomic mass is 10.3. The van der Waals surface area contributed by atoms with Crippen molar-refractivity contribution in [3.8, 4) is 0 Å². The molecule has 0 spiro atoms. The van der Waals surface area contributed by atoms with Crippen LogP contribution in [-0.2, 0) is 13.1 Å². The summed E-state index contributed by atoms with van der Waals surface area (Å²) in [6.45, 7) is 5.66. The van der Waals surface area contributed by atoms with Crippen LogP contribution in [0.25, 0.3) is 0 Å². The molecule has 0 saturated carbocycles. The van der Waals surface area contributed by atoms with Crippen LogP contribution < -0.4 is 11.0 Å². The number of hydrogen-bond donors (Lipinski definition) is 1. The molecule has 1 aromatic heterocycles. The van der Waals surface area contributed by atoms with Gasteiger partial charge in [-0.2, -0.15) is 0 Å². The number of hydrogen-bond acceptors (Lipinski definition) is 2. The third-order valence-corrected chi connectivity index (χ3v) is 2.35. The van der Waals surface area contributed by atoms with Crippen molar-refractivity contribution in [2.75, 3.05) is 7.05 Å². The number of aryl methyl sites for hydroxylation is 1. The van der Waals surface area contributed by atoms with Crippen LogP contribution >= 0.6 is 0 Å². The molecule has 1 N–H and O–H groups in total. The molecule has 1 unspecified atom stereocenters. The third kappa shape index (κ3) is 2.48. The molecule has 1 rings (SSSR count). The minimum atomic E-state index is 0.0916. The summed E-state index contributed by atoms with van der Waals surface area (Å²) in [6, 6.07) is 0.324. The van der Waals surface area contributed by atoms with Gasteiger partial charge in [-0.05, 0) is 20.4 Å². The van der Waals surface area contributed by atoms with Crippen LogP contribution in [0.15, 0.2) is 17.2 Å². The van der Waals surface area contributed by atoms with Crippen molar-refractivity contribution in [2.45, 2.75) is 39.4 Å². The van der Waals surface area contributed by atoms with E-state index in [-0.39, 0.29) is 5.69 Å². The predicted molar refractivity (Wildman–Crippen MR) is 57.5 cm³/mol. The van der Waals surface area contributed by atoms with E-state index in [1.807, 2.05) is 19.4 Å². The Balaban J connectivity index is 2.74. The first kappa shape index (κ1) is 11.0. The lowest BCUT2D eigenvalue weighted by molar-refractivity contribution is 0.495. The van der Waals surface area contributed by atoms with E-state index in [0.29, 0.717) is 6.04 Å². The molecular weight excluding hydrogens is 178 g/mol. The van der Waals surface area contributed by atoms with Gasteiger partial charge in [-0.3, -0.25) is 9.13 Å². The van der Waals surface area contributed by atoms with Gasteiger partial charge in [-0.25, -0.2) is 4.79 Å². The van der Waals surface area contributed by atoms with Crippen LogP contribution in [0.3, 0.4) is 0 Å². The summed E-state index contributed by atoms with van der Waals surface area (Å²) >= 11 is 0. The van der Waals surface area contributed by atoms with Crippen molar-refractivity contribution in [2.24, 2.45) is 0 Å². The number of aromatic nitrogens is 2. The Labute approximate surface area is 84.5 Å². The summed E-state index contributed by atoms with van der Waals surface area (Å²) in [5.41, 5.74) is 0.0916. The number of imidazole rings is 1. The van der Waals surface area contributed by atoms with Gasteiger partial charge in [-0.15, -0.1) is 0 Å². The van der Waals surface area contributed by atoms with E-state index < -0.39 is 0 Å². The summed E-state index contributed by atoms with van der Waals surface area (Å²) in [4.78, 5) is 11.7. The molecule has 0 radical (unpaired) electrons. The second kappa shape index (κ2) is 5.00. The van der Waals surface area contributed by atoms with E-state index in [9.17, 15) is 4.79 Å². The van der Waals surface area contributed by atoms with Crippen molar-refractivity contribution >= 4 is 0 Å². The topological polar surface area (TPSA) is 39.0 Å². The van der Waals surface area contributed by atoms with Crippen molar-refractivity contribution in [1.82, 2.24) is 14.5 Å². The maximum absolute atomic E-state index is 11.7. The molecule has 0 aromatic carbocycles. The zero-order valence-corrected chi connectivity index (χ0v) is 9.16. The van der Waals surface area contributed by atoms with E-state index in [0.717, 1.165) is 19.5 Å². The Morgan fingerprint density at radius 1 is 1.43 bits per heavy atom. The number of rotatable bonds is 5. The minimum Gasteiger partial charge on any atom is -0.315 e.